The molecule has 1 fully saturated rings. The van der Waals surface area contributed by atoms with E-state index >= 15 is 0 Å². The molecule has 4 rings (SSSR count). The maximum absolute atomic E-state index is 12.4. The van der Waals surface area contributed by atoms with Crippen LogP contribution in [-0.2, 0) is 0 Å². The van der Waals surface area contributed by atoms with E-state index in [-0.39, 0.29) is 5.91 Å². The van der Waals surface area contributed by atoms with Gasteiger partial charge in [-0.15, -0.1) is 0 Å². The topological polar surface area (TPSA) is 54.9 Å². The molecule has 0 aliphatic heterocycles. The van der Waals surface area contributed by atoms with Gasteiger partial charge in [0.25, 0.3) is 5.91 Å². The molecule has 4 heteroatoms. The van der Waals surface area contributed by atoms with Gasteiger partial charge in [-0.2, -0.15) is 10.2 Å². The third-order valence-corrected chi connectivity index (χ3v) is 4.93. The Hall–Kier alpha value is -2.75. The van der Waals surface area contributed by atoms with Gasteiger partial charge in [-0.1, -0.05) is 37.5 Å². The van der Waals surface area contributed by atoms with E-state index in [1.807, 2.05) is 42.5 Å². The Kier molecular flexibility index (Phi) is 4.42. The van der Waals surface area contributed by atoms with Crippen LogP contribution in [0.25, 0.3) is 22.0 Å². The quantitative estimate of drug-likeness (QED) is 0.776. The van der Waals surface area contributed by atoms with E-state index in [0.717, 1.165) is 40.4 Å². The number of benzene rings is 2. The summed E-state index contributed by atoms with van der Waals surface area (Å²) in [6.45, 7) is 0. The maximum Gasteiger partial charge on any atom is 0.251 e. The number of rotatable bonds is 3. The minimum Gasteiger partial charge on any atom is -0.349 e. The van der Waals surface area contributed by atoms with Crippen LogP contribution in [0.15, 0.2) is 54.7 Å². The van der Waals surface area contributed by atoms with E-state index in [1.165, 1.54) is 19.3 Å². The molecule has 0 bridgehead atoms. The summed E-state index contributed by atoms with van der Waals surface area (Å²) in [6, 6.07) is 16.2. The molecule has 4 nitrogen and oxygen atoms in total. The first-order valence-corrected chi connectivity index (χ1v) is 8.92. The normalized spacial score (nSPS) is 15.2. The molecule has 1 heterocycles. The lowest BCUT2D eigenvalue weighted by Crippen LogP contribution is -2.36. The summed E-state index contributed by atoms with van der Waals surface area (Å²) < 4.78 is 0. The van der Waals surface area contributed by atoms with Crippen molar-refractivity contribution in [3.8, 4) is 11.1 Å². The molecule has 1 N–H and O–H groups in total. The summed E-state index contributed by atoms with van der Waals surface area (Å²) in [5.74, 6) is 0.0345. The molecule has 0 atom stereocenters. The van der Waals surface area contributed by atoms with Gasteiger partial charge in [0.15, 0.2) is 0 Å². The van der Waals surface area contributed by atoms with Gasteiger partial charge in [0.1, 0.15) is 0 Å². The second kappa shape index (κ2) is 7.01. The SMILES string of the molecule is O=C(NC1CCCCC1)c1ccc(-c2ccc3nnccc3c2)cc1. The Morgan fingerprint density at radius 3 is 2.48 bits per heavy atom. The van der Waals surface area contributed by atoms with E-state index < -0.39 is 0 Å². The van der Waals surface area contributed by atoms with Crippen LogP contribution in [0, 0.1) is 0 Å². The van der Waals surface area contributed by atoms with Gasteiger partial charge in [-0.25, -0.2) is 0 Å². The molecule has 0 saturated heterocycles. The Labute approximate surface area is 147 Å². The van der Waals surface area contributed by atoms with Crippen molar-refractivity contribution in [1.82, 2.24) is 15.5 Å². The van der Waals surface area contributed by atoms with Crippen molar-refractivity contribution in [2.75, 3.05) is 0 Å². The van der Waals surface area contributed by atoms with E-state index in [0.29, 0.717) is 6.04 Å². The smallest absolute Gasteiger partial charge is 0.251 e. The van der Waals surface area contributed by atoms with Crippen molar-refractivity contribution in [3.05, 3.63) is 60.3 Å². The predicted molar refractivity (Wildman–Crippen MR) is 99.3 cm³/mol. The highest BCUT2D eigenvalue weighted by atomic mass is 16.1. The van der Waals surface area contributed by atoms with Gasteiger partial charge in [-0.05, 0) is 54.3 Å². The second-order valence-corrected chi connectivity index (χ2v) is 6.69. The minimum atomic E-state index is 0.0345. The lowest BCUT2D eigenvalue weighted by molar-refractivity contribution is 0.0928. The summed E-state index contributed by atoms with van der Waals surface area (Å²) in [6.07, 6.45) is 7.63. The molecule has 0 radical (unpaired) electrons. The first kappa shape index (κ1) is 15.8. The summed E-state index contributed by atoms with van der Waals surface area (Å²) in [7, 11) is 0. The number of nitrogens with zero attached hydrogens (tertiary/aromatic N) is 2. The zero-order valence-corrected chi connectivity index (χ0v) is 14.1. The van der Waals surface area contributed by atoms with E-state index in [9.17, 15) is 4.79 Å². The number of fused-ring (bicyclic) bond motifs is 1. The summed E-state index contributed by atoms with van der Waals surface area (Å²) >= 11 is 0. The largest absolute Gasteiger partial charge is 0.349 e. The van der Waals surface area contributed by atoms with Crippen LogP contribution in [0.1, 0.15) is 42.5 Å². The van der Waals surface area contributed by atoms with Crippen LogP contribution in [0.2, 0.25) is 0 Å². The highest BCUT2D eigenvalue weighted by molar-refractivity contribution is 5.95. The van der Waals surface area contributed by atoms with Gasteiger partial charge in [0.2, 0.25) is 0 Å². The molecule has 126 valence electrons. The van der Waals surface area contributed by atoms with Gasteiger partial charge in [0, 0.05) is 17.0 Å². The number of nitrogens with one attached hydrogen (secondary N) is 1. The van der Waals surface area contributed by atoms with Gasteiger partial charge >= 0.3 is 0 Å². The van der Waals surface area contributed by atoms with Crippen molar-refractivity contribution in [2.24, 2.45) is 0 Å². The summed E-state index contributed by atoms with van der Waals surface area (Å²) in [5.41, 5.74) is 3.81. The second-order valence-electron chi connectivity index (χ2n) is 6.69. The summed E-state index contributed by atoms with van der Waals surface area (Å²) in [4.78, 5) is 12.4. The van der Waals surface area contributed by atoms with Crippen LogP contribution >= 0.6 is 0 Å². The fraction of sp³-hybridized carbons (Fsp3) is 0.286. The number of aromatic nitrogens is 2. The van der Waals surface area contributed by atoms with Crippen LogP contribution in [0.4, 0.5) is 0 Å². The molecular formula is C21H21N3O. The van der Waals surface area contributed by atoms with E-state index in [4.69, 9.17) is 0 Å². The Balaban J connectivity index is 1.51. The van der Waals surface area contributed by atoms with Crippen molar-refractivity contribution in [1.29, 1.82) is 0 Å². The monoisotopic (exact) mass is 331 g/mol. The Bertz CT molecular complexity index is 883. The van der Waals surface area contributed by atoms with Gasteiger partial charge in [-0.3, -0.25) is 4.79 Å². The fourth-order valence-electron chi connectivity index (χ4n) is 3.50. The van der Waals surface area contributed by atoms with Crippen LogP contribution < -0.4 is 5.32 Å². The molecule has 1 saturated carbocycles. The standard InChI is InChI=1S/C21H21N3O/c25-21(23-19-4-2-1-3-5-19)16-8-6-15(7-9-16)17-10-11-20-18(14-17)12-13-22-24-20/h6-14,19H,1-5H2,(H,23,25). The van der Waals surface area contributed by atoms with Crippen molar-refractivity contribution >= 4 is 16.8 Å². The van der Waals surface area contributed by atoms with Gasteiger partial charge in [0.05, 0.1) is 11.7 Å². The average molecular weight is 331 g/mol. The number of carbonyl (C=O) groups is 1. The zero-order chi connectivity index (χ0) is 17.1. The van der Waals surface area contributed by atoms with Crippen molar-refractivity contribution in [3.63, 3.8) is 0 Å². The van der Waals surface area contributed by atoms with Crippen molar-refractivity contribution in [2.45, 2.75) is 38.1 Å². The Morgan fingerprint density at radius 1 is 0.920 bits per heavy atom. The molecule has 25 heavy (non-hydrogen) atoms. The fourth-order valence-corrected chi connectivity index (χ4v) is 3.50. The first-order chi connectivity index (χ1) is 12.3. The number of hydrogen-bond donors (Lipinski definition) is 1. The number of amides is 1. The zero-order valence-electron chi connectivity index (χ0n) is 14.1. The van der Waals surface area contributed by atoms with Crippen LogP contribution in [-0.4, -0.2) is 22.1 Å². The average Bonchev–Trinajstić information content (AvgIpc) is 2.68. The number of hydrogen-bond acceptors (Lipinski definition) is 3. The summed E-state index contributed by atoms with van der Waals surface area (Å²) in [5, 5.41) is 12.2. The molecule has 2 aromatic carbocycles. The molecular weight excluding hydrogens is 310 g/mol. The molecule has 1 aliphatic carbocycles. The number of carbonyl (C=O) groups excluding carboxylic acids is 1. The van der Waals surface area contributed by atoms with E-state index in [2.05, 4.69) is 21.6 Å². The molecule has 3 aromatic rings. The lowest BCUT2D eigenvalue weighted by atomic mass is 9.95. The lowest BCUT2D eigenvalue weighted by Gasteiger charge is -2.22. The molecule has 1 amide bonds. The third-order valence-electron chi connectivity index (χ3n) is 4.93. The molecule has 0 spiro atoms. The van der Waals surface area contributed by atoms with Gasteiger partial charge < -0.3 is 5.32 Å². The van der Waals surface area contributed by atoms with E-state index in [1.54, 1.807) is 6.20 Å². The molecule has 1 aliphatic rings. The maximum atomic E-state index is 12.4. The van der Waals surface area contributed by atoms with Crippen molar-refractivity contribution < 1.29 is 4.79 Å². The minimum absolute atomic E-state index is 0.0345. The molecule has 0 unspecified atom stereocenters. The van der Waals surface area contributed by atoms with Crippen LogP contribution in [0.5, 0.6) is 0 Å². The highest BCUT2D eigenvalue weighted by Crippen LogP contribution is 2.24. The third kappa shape index (κ3) is 3.53. The predicted octanol–water partition coefficient (Wildman–Crippen LogP) is 4.36. The Morgan fingerprint density at radius 2 is 1.68 bits per heavy atom. The van der Waals surface area contributed by atoms with Crippen LogP contribution in [0.3, 0.4) is 0 Å². The molecule has 1 aromatic heterocycles. The highest BCUT2D eigenvalue weighted by Gasteiger charge is 2.16. The first-order valence-electron chi connectivity index (χ1n) is 8.92.